The number of ether oxygens (including phenoxy) is 1. The fraction of sp³-hybridized carbons (Fsp3) is 0.750. The second kappa shape index (κ2) is 4.16. The highest BCUT2D eigenvalue weighted by Gasteiger charge is 2.37. The molecule has 0 unspecified atom stereocenters. The van der Waals surface area contributed by atoms with E-state index >= 15 is 0 Å². The molecule has 2 aliphatic carbocycles. The number of carbonyl (C=O) groups is 1. The maximum absolute atomic E-state index is 11.2. The fourth-order valence-electron chi connectivity index (χ4n) is 2.74. The van der Waals surface area contributed by atoms with Gasteiger partial charge in [0.2, 0.25) is 0 Å². The van der Waals surface area contributed by atoms with E-state index in [-0.39, 0.29) is 5.97 Å². The van der Waals surface area contributed by atoms with E-state index in [2.05, 4.69) is 0 Å². The van der Waals surface area contributed by atoms with Crippen molar-refractivity contribution in [2.24, 2.45) is 11.8 Å². The van der Waals surface area contributed by atoms with Crippen molar-refractivity contribution in [3.05, 3.63) is 11.6 Å². The molecule has 0 heterocycles. The average molecular weight is 194 g/mol. The van der Waals surface area contributed by atoms with Crippen molar-refractivity contribution in [2.75, 3.05) is 6.61 Å². The molecule has 0 radical (unpaired) electrons. The zero-order chi connectivity index (χ0) is 9.97. The normalized spacial score (nSPS) is 33.4. The van der Waals surface area contributed by atoms with Gasteiger partial charge in [0.15, 0.2) is 0 Å². The van der Waals surface area contributed by atoms with Crippen LogP contribution in [0.5, 0.6) is 0 Å². The molecular formula is C12H18O2. The van der Waals surface area contributed by atoms with Crippen LogP contribution in [-0.2, 0) is 9.53 Å². The lowest BCUT2D eigenvalue weighted by atomic mass is 9.62. The monoisotopic (exact) mass is 194 g/mol. The Bertz CT molecular complexity index is 255. The predicted octanol–water partition coefficient (Wildman–Crippen LogP) is 2.69. The summed E-state index contributed by atoms with van der Waals surface area (Å²) in [6.45, 7) is 2.33. The first-order chi connectivity index (χ1) is 6.81. The van der Waals surface area contributed by atoms with Crippen LogP contribution >= 0.6 is 0 Å². The predicted molar refractivity (Wildman–Crippen MR) is 54.8 cm³/mol. The smallest absolute Gasteiger partial charge is 0.330 e. The van der Waals surface area contributed by atoms with Crippen molar-refractivity contribution in [3.8, 4) is 0 Å². The third-order valence-corrected chi connectivity index (χ3v) is 3.47. The quantitative estimate of drug-likeness (QED) is 0.499. The molecule has 0 aromatic carbocycles. The van der Waals surface area contributed by atoms with Gasteiger partial charge in [0.1, 0.15) is 0 Å². The van der Waals surface area contributed by atoms with Gasteiger partial charge in [0.05, 0.1) is 6.61 Å². The van der Waals surface area contributed by atoms with Crippen LogP contribution in [0.15, 0.2) is 11.6 Å². The first kappa shape index (κ1) is 9.75. The van der Waals surface area contributed by atoms with Crippen LogP contribution in [0.1, 0.15) is 39.0 Å². The van der Waals surface area contributed by atoms with Gasteiger partial charge in [-0.2, -0.15) is 0 Å². The van der Waals surface area contributed by atoms with Crippen LogP contribution in [-0.4, -0.2) is 12.6 Å². The number of allylic oxidation sites excluding steroid dienone is 1. The van der Waals surface area contributed by atoms with Crippen LogP contribution in [0.2, 0.25) is 0 Å². The lowest BCUT2D eigenvalue weighted by Crippen LogP contribution is -2.32. The summed E-state index contributed by atoms with van der Waals surface area (Å²) in [5.74, 6) is 1.45. The molecular weight excluding hydrogens is 176 g/mol. The van der Waals surface area contributed by atoms with E-state index in [1.807, 2.05) is 6.92 Å². The van der Waals surface area contributed by atoms with Crippen molar-refractivity contribution in [1.29, 1.82) is 0 Å². The minimum absolute atomic E-state index is 0.147. The number of fused-ring (bicyclic) bond motifs is 1. The molecule has 0 aromatic rings. The topological polar surface area (TPSA) is 26.3 Å². The summed E-state index contributed by atoms with van der Waals surface area (Å²) in [5.41, 5.74) is 1.34. The maximum Gasteiger partial charge on any atom is 0.330 e. The Labute approximate surface area is 85.3 Å². The van der Waals surface area contributed by atoms with Crippen LogP contribution in [0.4, 0.5) is 0 Å². The summed E-state index contributed by atoms with van der Waals surface area (Å²) in [5, 5.41) is 0. The van der Waals surface area contributed by atoms with E-state index in [0.29, 0.717) is 12.5 Å². The minimum Gasteiger partial charge on any atom is -0.463 e. The Balaban J connectivity index is 1.91. The first-order valence-electron chi connectivity index (χ1n) is 5.68. The van der Waals surface area contributed by atoms with Crippen LogP contribution in [0.25, 0.3) is 0 Å². The molecule has 78 valence electrons. The van der Waals surface area contributed by atoms with Crippen molar-refractivity contribution in [1.82, 2.24) is 0 Å². The van der Waals surface area contributed by atoms with Gasteiger partial charge in [-0.3, -0.25) is 0 Å². The molecule has 2 atom stereocenters. The van der Waals surface area contributed by atoms with E-state index in [1.165, 1.54) is 31.3 Å². The van der Waals surface area contributed by atoms with Gasteiger partial charge in [-0.1, -0.05) is 18.4 Å². The van der Waals surface area contributed by atoms with Crippen molar-refractivity contribution in [3.63, 3.8) is 0 Å². The summed E-state index contributed by atoms with van der Waals surface area (Å²) in [4.78, 5) is 11.2. The SMILES string of the molecule is CCOC(=O)C=C1C[C@@H]2CCCC[C@H]12. The zero-order valence-electron chi connectivity index (χ0n) is 8.79. The highest BCUT2D eigenvalue weighted by atomic mass is 16.5. The summed E-state index contributed by atoms with van der Waals surface area (Å²) in [6.07, 6.45) is 8.25. The Morgan fingerprint density at radius 2 is 2.29 bits per heavy atom. The van der Waals surface area contributed by atoms with E-state index in [4.69, 9.17) is 4.74 Å². The highest BCUT2D eigenvalue weighted by Crippen LogP contribution is 2.48. The summed E-state index contributed by atoms with van der Waals surface area (Å²) in [7, 11) is 0. The molecule has 0 saturated heterocycles. The van der Waals surface area contributed by atoms with Gasteiger partial charge in [-0.05, 0) is 38.0 Å². The second-order valence-corrected chi connectivity index (χ2v) is 4.33. The Hall–Kier alpha value is -0.790. The fourth-order valence-corrected chi connectivity index (χ4v) is 2.74. The van der Waals surface area contributed by atoms with E-state index in [9.17, 15) is 4.79 Å². The molecule has 2 rings (SSSR count). The van der Waals surface area contributed by atoms with Gasteiger partial charge < -0.3 is 4.74 Å². The number of hydrogen-bond donors (Lipinski definition) is 0. The summed E-state index contributed by atoms with van der Waals surface area (Å²) >= 11 is 0. The minimum atomic E-state index is -0.147. The second-order valence-electron chi connectivity index (χ2n) is 4.33. The summed E-state index contributed by atoms with van der Waals surface area (Å²) < 4.78 is 4.91. The molecule has 0 spiro atoms. The number of hydrogen-bond acceptors (Lipinski definition) is 2. The molecule has 2 nitrogen and oxygen atoms in total. The number of rotatable bonds is 2. The molecule has 0 bridgehead atoms. The standard InChI is InChI=1S/C12H18O2/c1-2-14-12(13)8-10-7-9-5-3-4-6-11(9)10/h8-9,11H,2-7H2,1H3/t9-,11-/m0/s1. The zero-order valence-corrected chi connectivity index (χ0v) is 8.79. The van der Waals surface area contributed by atoms with E-state index < -0.39 is 0 Å². The molecule has 2 aliphatic rings. The van der Waals surface area contributed by atoms with Gasteiger partial charge in [0, 0.05) is 6.08 Å². The molecule has 2 heteroatoms. The highest BCUT2D eigenvalue weighted by molar-refractivity contribution is 5.83. The number of esters is 1. The lowest BCUT2D eigenvalue weighted by Gasteiger charge is -2.43. The van der Waals surface area contributed by atoms with Crippen molar-refractivity contribution < 1.29 is 9.53 Å². The van der Waals surface area contributed by atoms with Gasteiger partial charge in [0.25, 0.3) is 0 Å². The van der Waals surface area contributed by atoms with Crippen molar-refractivity contribution >= 4 is 5.97 Å². The molecule has 0 amide bonds. The van der Waals surface area contributed by atoms with Gasteiger partial charge in [-0.15, -0.1) is 0 Å². The van der Waals surface area contributed by atoms with Crippen LogP contribution in [0.3, 0.4) is 0 Å². The van der Waals surface area contributed by atoms with E-state index in [0.717, 1.165) is 12.3 Å². The molecule has 2 saturated carbocycles. The molecule has 14 heavy (non-hydrogen) atoms. The molecule has 0 N–H and O–H groups in total. The van der Waals surface area contributed by atoms with Gasteiger partial charge in [-0.25, -0.2) is 4.79 Å². The Kier molecular flexibility index (Phi) is 2.90. The Morgan fingerprint density at radius 1 is 1.50 bits per heavy atom. The van der Waals surface area contributed by atoms with Crippen molar-refractivity contribution in [2.45, 2.75) is 39.0 Å². The van der Waals surface area contributed by atoms with Gasteiger partial charge >= 0.3 is 5.97 Å². The summed E-state index contributed by atoms with van der Waals surface area (Å²) in [6, 6.07) is 0. The van der Waals surface area contributed by atoms with E-state index in [1.54, 1.807) is 6.08 Å². The lowest BCUT2D eigenvalue weighted by molar-refractivity contribution is -0.137. The van der Waals surface area contributed by atoms with Crippen LogP contribution in [0, 0.1) is 11.8 Å². The Morgan fingerprint density at radius 3 is 3.00 bits per heavy atom. The molecule has 2 fully saturated rings. The van der Waals surface area contributed by atoms with Crippen LogP contribution < -0.4 is 0 Å². The third-order valence-electron chi connectivity index (χ3n) is 3.47. The first-order valence-corrected chi connectivity index (χ1v) is 5.68. The number of carbonyl (C=O) groups excluding carboxylic acids is 1. The molecule has 0 aliphatic heterocycles. The maximum atomic E-state index is 11.2. The molecule has 0 aromatic heterocycles. The largest absolute Gasteiger partial charge is 0.463 e. The third kappa shape index (κ3) is 1.84. The average Bonchev–Trinajstić information content (AvgIpc) is 2.15.